The lowest BCUT2D eigenvalue weighted by Gasteiger charge is -2.12. The number of benzene rings is 1. The van der Waals surface area contributed by atoms with Gasteiger partial charge in [-0.1, -0.05) is 28.1 Å². The van der Waals surface area contributed by atoms with Crippen molar-refractivity contribution >= 4 is 21.9 Å². The van der Waals surface area contributed by atoms with E-state index in [2.05, 4.69) is 32.0 Å². The first-order valence-electron chi connectivity index (χ1n) is 5.11. The van der Waals surface area contributed by atoms with Crippen LogP contribution in [0.5, 0.6) is 0 Å². The lowest BCUT2D eigenvalue weighted by atomic mass is 10.1. The number of halogens is 1. The van der Waals surface area contributed by atoms with Crippen molar-refractivity contribution in [2.45, 2.75) is 26.4 Å². The Hall–Kier alpha value is -0.870. The van der Waals surface area contributed by atoms with E-state index in [0.717, 1.165) is 10.0 Å². The largest absolute Gasteiger partial charge is 0.468 e. The molecule has 0 saturated heterocycles. The van der Waals surface area contributed by atoms with Crippen molar-refractivity contribution in [3.05, 3.63) is 33.8 Å². The number of nitrogens with one attached hydrogen (secondary N) is 1. The molecule has 0 saturated carbocycles. The Morgan fingerprint density at radius 1 is 1.56 bits per heavy atom. The number of rotatable bonds is 4. The van der Waals surface area contributed by atoms with Gasteiger partial charge in [0.1, 0.15) is 6.04 Å². The summed E-state index contributed by atoms with van der Waals surface area (Å²) in [5.74, 6) is -0.247. The number of aryl methyl sites for hydroxylation is 1. The maximum absolute atomic E-state index is 11.2. The topological polar surface area (TPSA) is 38.3 Å². The molecule has 1 aromatic rings. The molecule has 88 valence electrons. The first-order chi connectivity index (χ1) is 7.54. The van der Waals surface area contributed by atoms with Crippen molar-refractivity contribution in [1.82, 2.24) is 5.32 Å². The maximum Gasteiger partial charge on any atom is 0.322 e. The predicted octanol–water partition coefficient (Wildman–Crippen LogP) is 2.41. The molecule has 0 heterocycles. The van der Waals surface area contributed by atoms with Gasteiger partial charge in [0.25, 0.3) is 0 Å². The van der Waals surface area contributed by atoms with E-state index in [0.29, 0.717) is 6.54 Å². The zero-order chi connectivity index (χ0) is 12.1. The minimum Gasteiger partial charge on any atom is -0.468 e. The molecule has 1 aromatic carbocycles. The van der Waals surface area contributed by atoms with E-state index in [-0.39, 0.29) is 12.0 Å². The van der Waals surface area contributed by atoms with E-state index in [1.807, 2.05) is 19.1 Å². The average molecular weight is 286 g/mol. The number of methoxy groups -OCH3 is 1. The number of hydrogen-bond acceptors (Lipinski definition) is 3. The fourth-order valence-corrected chi connectivity index (χ4v) is 1.95. The summed E-state index contributed by atoms with van der Waals surface area (Å²) in [5.41, 5.74) is 2.33. The molecule has 0 fully saturated rings. The van der Waals surface area contributed by atoms with E-state index in [9.17, 15) is 4.79 Å². The molecule has 0 radical (unpaired) electrons. The Bertz CT molecular complexity index is 379. The molecule has 1 N–H and O–H groups in total. The molecule has 1 atom stereocenters. The van der Waals surface area contributed by atoms with Gasteiger partial charge >= 0.3 is 5.97 Å². The van der Waals surface area contributed by atoms with E-state index < -0.39 is 0 Å². The molecule has 0 aromatic heterocycles. The number of hydrogen-bond donors (Lipinski definition) is 1. The fraction of sp³-hybridized carbons (Fsp3) is 0.417. The molecule has 16 heavy (non-hydrogen) atoms. The van der Waals surface area contributed by atoms with Crippen molar-refractivity contribution in [1.29, 1.82) is 0 Å². The number of carbonyl (C=O) groups excluding carboxylic acids is 1. The maximum atomic E-state index is 11.2. The summed E-state index contributed by atoms with van der Waals surface area (Å²) in [6, 6.07) is 5.85. The molecular formula is C12H16BrNO2. The highest BCUT2D eigenvalue weighted by Gasteiger charge is 2.12. The summed E-state index contributed by atoms with van der Waals surface area (Å²) < 4.78 is 5.69. The average Bonchev–Trinajstić information content (AvgIpc) is 2.26. The second kappa shape index (κ2) is 6.01. The molecular weight excluding hydrogens is 270 g/mol. The van der Waals surface area contributed by atoms with Crippen LogP contribution in [0.4, 0.5) is 0 Å². The predicted molar refractivity (Wildman–Crippen MR) is 67.2 cm³/mol. The SMILES string of the molecule is COC(=O)C(C)NCc1ccc(C)cc1Br. The first-order valence-corrected chi connectivity index (χ1v) is 5.90. The summed E-state index contributed by atoms with van der Waals surface area (Å²) in [6.07, 6.45) is 0. The smallest absolute Gasteiger partial charge is 0.322 e. The molecule has 3 nitrogen and oxygen atoms in total. The third-order valence-electron chi connectivity index (χ3n) is 2.36. The van der Waals surface area contributed by atoms with Crippen molar-refractivity contribution < 1.29 is 9.53 Å². The highest BCUT2D eigenvalue weighted by molar-refractivity contribution is 9.10. The molecule has 0 spiro atoms. The zero-order valence-corrected chi connectivity index (χ0v) is 11.3. The van der Waals surface area contributed by atoms with Gasteiger partial charge in [-0.05, 0) is 31.0 Å². The standard InChI is InChI=1S/C12H16BrNO2/c1-8-4-5-10(11(13)6-8)7-14-9(2)12(15)16-3/h4-6,9,14H,7H2,1-3H3. The van der Waals surface area contributed by atoms with E-state index in [1.165, 1.54) is 12.7 Å². The highest BCUT2D eigenvalue weighted by Crippen LogP contribution is 2.18. The minimum absolute atomic E-state index is 0.247. The van der Waals surface area contributed by atoms with Crippen LogP contribution >= 0.6 is 15.9 Å². The molecule has 4 heteroatoms. The Kier molecular flexibility index (Phi) is 4.96. The van der Waals surface area contributed by atoms with Gasteiger partial charge in [-0.15, -0.1) is 0 Å². The van der Waals surface area contributed by atoms with E-state index in [4.69, 9.17) is 0 Å². The quantitative estimate of drug-likeness (QED) is 0.864. The summed E-state index contributed by atoms with van der Waals surface area (Å²) in [4.78, 5) is 11.2. The molecule has 1 rings (SSSR count). The lowest BCUT2D eigenvalue weighted by molar-refractivity contribution is -0.142. The second-order valence-corrected chi connectivity index (χ2v) is 4.57. The van der Waals surface area contributed by atoms with Crippen LogP contribution in [0.3, 0.4) is 0 Å². The van der Waals surface area contributed by atoms with Gasteiger partial charge in [0.2, 0.25) is 0 Å². The Balaban J connectivity index is 2.58. The summed E-state index contributed by atoms with van der Waals surface area (Å²) in [5, 5.41) is 3.11. The second-order valence-electron chi connectivity index (χ2n) is 3.72. The van der Waals surface area contributed by atoms with Crippen molar-refractivity contribution in [3.8, 4) is 0 Å². The third kappa shape index (κ3) is 3.61. The molecule has 1 unspecified atom stereocenters. The fourth-order valence-electron chi connectivity index (χ4n) is 1.32. The van der Waals surface area contributed by atoms with E-state index >= 15 is 0 Å². The van der Waals surface area contributed by atoms with Crippen LogP contribution in [0.1, 0.15) is 18.1 Å². The molecule has 0 bridgehead atoms. The van der Waals surface area contributed by atoms with Crippen molar-refractivity contribution in [2.75, 3.05) is 7.11 Å². The van der Waals surface area contributed by atoms with E-state index in [1.54, 1.807) is 6.92 Å². The van der Waals surface area contributed by atoms with Crippen molar-refractivity contribution in [2.24, 2.45) is 0 Å². The van der Waals surface area contributed by atoms with Crippen LogP contribution in [-0.2, 0) is 16.1 Å². The summed E-state index contributed by atoms with van der Waals surface area (Å²) in [6.45, 7) is 4.46. The zero-order valence-electron chi connectivity index (χ0n) is 9.71. The molecule has 0 aliphatic carbocycles. The Morgan fingerprint density at radius 3 is 2.81 bits per heavy atom. The third-order valence-corrected chi connectivity index (χ3v) is 3.10. The van der Waals surface area contributed by atoms with Crippen LogP contribution in [0.25, 0.3) is 0 Å². The number of esters is 1. The normalized spacial score (nSPS) is 12.2. The van der Waals surface area contributed by atoms with Gasteiger partial charge in [0.05, 0.1) is 7.11 Å². The van der Waals surface area contributed by atoms with Gasteiger partial charge in [0.15, 0.2) is 0 Å². The monoisotopic (exact) mass is 285 g/mol. The summed E-state index contributed by atoms with van der Waals surface area (Å²) in [7, 11) is 1.39. The number of ether oxygens (including phenoxy) is 1. The van der Waals surface area contributed by atoms with Crippen LogP contribution < -0.4 is 5.32 Å². The molecule has 0 aliphatic heterocycles. The molecule has 0 aliphatic rings. The van der Waals surface area contributed by atoms with Crippen molar-refractivity contribution in [3.63, 3.8) is 0 Å². The molecule has 0 amide bonds. The van der Waals surface area contributed by atoms with Crippen LogP contribution in [0.2, 0.25) is 0 Å². The highest BCUT2D eigenvalue weighted by atomic mass is 79.9. The summed E-state index contributed by atoms with van der Waals surface area (Å²) >= 11 is 3.50. The van der Waals surface area contributed by atoms with Crippen LogP contribution in [0.15, 0.2) is 22.7 Å². The lowest BCUT2D eigenvalue weighted by Crippen LogP contribution is -2.34. The van der Waals surface area contributed by atoms with Gasteiger partial charge in [-0.2, -0.15) is 0 Å². The Labute approximate surface area is 104 Å². The van der Waals surface area contributed by atoms with Gasteiger partial charge in [0, 0.05) is 11.0 Å². The van der Waals surface area contributed by atoms with Gasteiger partial charge in [-0.25, -0.2) is 0 Å². The van der Waals surface area contributed by atoms with Gasteiger partial charge in [-0.3, -0.25) is 4.79 Å². The van der Waals surface area contributed by atoms with Gasteiger partial charge < -0.3 is 10.1 Å². The Morgan fingerprint density at radius 2 is 2.25 bits per heavy atom. The van der Waals surface area contributed by atoms with Crippen LogP contribution in [0, 0.1) is 6.92 Å². The number of carbonyl (C=O) groups is 1. The first kappa shape index (κ1) is 13.2. The van der Waals surface area contributed by atoms with Crippen LogP contribution in [-0.4, -0.2) is 19.1 Å². The minimum atomic E-state index is -0.293.